The molecule has 5 aliphatic carbocycles. The van der Waals surface area contributed by atoms with Crippen molar-refractivity contribution in [3.63, 3.8) is 0 Å². The van der Waals surface area contributed by atoms with Crippen molar-refractivity contribution in [3.05, 3.63) is 11.9 Å². The number of hydrogen-bond acceptors (Lipinski definition) is 4. The van der Waals surface area contributed by atoms with Gasteiger partial charge in [0.15, 0.2) is 5.78 Å². The lowest BCUT2D eigenvalue weighted by molar-refractivity contribution is -0.128. The van der Waals surface area contributed by atoms with Crippen molar-refractivity contribution in [2.75, 3.05) is 0 Å². The molecule has 26 heavy (non-hydrogen) atoms. The third-order valence-corrected chi connectivity index (χ3v) is 7.77. The SMILES string of the molecule is O=C(Cn1cc(C2(O)CCCCC2)nn1)CC12CC3CC(CC(C3)C1)C2. The van der Waals surface area contributed by atoms with E-state index in [-0.39, 0.29) is 5.41 Å². The van der Waals surface area contributed by atoms with Crippen molar-refractivity contribution in [1.29, 1.82) is 0 Å². The van der Waals surface area contributed by atoms with Crippen LogP contribution in [0.4, 0.5) is 0 Å². The zero-order chi connectivity index (χ0) is 17.8. The van der Waals surface area contributed by atoms with Crippen molar-refractivity contribution < 1.29 is 9.90 Å². The number of ketones is 1. The Morgan fingerprint density at radius 3 is 2.31 bits per heavy atom. The summed E-state index contributed by atoms with van der Waals surface area (Å²) in [6, 6.07) is 0. The first-order valence-corrected chi connectivity index (χ1v) is 10.7. The molecule has 0 aliphatic heterocycles. The molecule has 5 nitrogen and oxygen atoms in total. The van der Waals surface area contributed by atoms with Crippen molar-refractivity contribution in [2.45, 2.75) is 89.2 Å². The Morgan fingerprint density at radius 2 is 1.69 bits per heavy atom. The minimum atomic E-state index is -0.834. The number of rotatable bonds is 5. The van der Waals surface area contributed by atoms with Crippen LogP contribution in [0.3, 0.4) is 0 Å². The Morgan fingerprint density at radius 1 is 1.08 bits per heavy atom. The fraction of sp³-hybridized carbons (Fsp3) is 0.857. The molecule has 1 heterocycles. The molecule has 0 amide bonds. The number of hydrogen-bond donors (Lipinski definition) is 1. The van der Waals surface area contributed by atoms with Crippen LogP contribution in [0.2, 0.25) is 0 Å². The van der Waals surface area contributed by atoms with Gasteiger partial charge >= 0.3 is 0 Å². The summed E-state index contributed by atoms with van der Waals surface area (Å²) in [5.41, 5.74) is 0.107. The maximum absolute atomic E-state index is 12.8. The summed E-state index contributed by atoms with van der Waals surface area (Å²) in [5, 5.41) is 19.2. The van der Waals surface area contributed by atoms with E-state index in [1.165, 1.54) is 44.9 Å². The highest BCUT2D eigenvalue weighted by Gasteiger charge is 2.51. The number of Topliss-reactive ketones (excluding diaryl/α,β-unsaturated/α-hetero) is 1. The van der Waals surface area contributed by atoms with Gasteiger partial charge in [-0.3, -0.25) is 4.79 Å². The molecule has 6 rings (SSSR count). The molecule has 1 aromatic heterocycles. The quantitative estimate of drug-likeness (QED) is 0.874. The second kappa shape index (κ2) is 6.15. The summed E-state index contributed by atoms with van der Waals surface area (Å²) >= 11 is 0. The zero-order valence-corrected chi connectivity index (χ0v) is 15.7. The van der Waals surface area contributed by atoms with E-state index in [0.717, 1.165) is 49.9 Å². The lowest BCUT2D eigenvalue weighted by Gasteiger charge is -2.56. The Kier molecular flexibility index (Phi) is 4.00. The van der Waals surface area contributed by atoms with Crippen LogP contribution in [0.15, 0.2) is 6.20 Å². The molecule has 0 saturated heterocycles. The first-order chi connectivity index (χ1) is 12.5. The lowest BCUT2D eigenvalue weighted by Crippen LogP contribution is -2.47. The van der Waals surface area contributed by atoms with Gasteiger partial charge in [0.2, 0.25) is 0 Å². The maximum Gasteiger partial charge on any atom is 0.154 e. The summed E-state index contributed by atoms with van der Waals surface area (Å²) < 4.78 is 1.66. The van der Waals surface area contributed by atoms with Gasteiger partial charge in [-0.05, 0) is 74.5 Å². The molecule has 4 bridgehead atoms. The average Bonchev–Trinajstić information content (AvgIpc) is 3.03. The van der Waals surface area contributed by atoms with E-state index in [0.29, 0.717) is 18.0 Å². The smallest absolute Gasteiger partial charge is 0.154 e. The minimum absolute atomic E-state index is 0.289. The van der Waals surface area contributed by atoms with Gasteiger partial charge < -0.3 is 5.11 Å². The van der Waals surface area contributed by atoms with Gasteiger partial charge in [-0.2, -0.15) is 0 Å². The first kappa shape index (κ1) is 16.9. The van der Waals surface area contributed by atoms with E-state index < -0.39 is 5.60 Å². The van der Waals surface area contributed by atoms with Gasteiger partial charge in [0.1, 0.15) is 17.8 Å². The summed E-state index contributed by atoms with van der Waals surface area (Å²) in [6.07, 6.45) is 15.4. The first-order valence-electron chi connectivity index (χ1n) is 10.7. The van der Waals surface area contributed by atoms with E-state index in [4.69, 9.17) is 0 Å². The Bertz CT molecular complexity index is 654. The second-order valence-electron chi connectivity index (χ2n) is 10.0. The Balaban J connectivity index is 1.24. The third kappa shape index (κ3) is 3.02. The van der Waals surface area contributed by atoms with Crippen LogP contribution in [0.5, 0.6) is 0 Å². The van der Waals surface area contributed by atoms with E-state index in [1.54, 1.807) is 4.68 Å². The molecule has 142 valence electrons. The fourth-order valence-electron chi connectivity index (χ4n) is 7.14. The van der Waals surface area contributed by atoms with E-state index >= 15 is 0 Å². The van der Waals surface area contributed by atoms with Crippen LogP contribution >= 0.6 is 0 Å². The largest absolute Gasteiger partial charge is 0.383 e. The van der Waals surface area contributed by atoms with Crippen LogP contribution in [0.25, 0.3) is 0 Å². The van der Waals surface area contributed by atoms with Crippen LogP contribution in [0.1, 0.15) is 82.7 Å². The van der Waals surface area contributed by atoms with Gasteiger partial charge in [0.05, 0.1) is 6.20 Å². The van der Waals surface area contributed by atoms with Gasteiger partial charge in [-0.1, -0.05) is 24.5 Å². The zero-order valence-electron chi connectivity index (χ0n) is 15.7. The summed E-state index contributed by atoms with van der Waals surface area (Å²) in [5.74, 6) is 2.94. The van der Waals surface area contributed by atoms with E-state index in [1.807, 2.05) is 6.20 Å². The molecule has 5 heteroatoms. The van der Waals surface area contributed by atoms with Gasteiger partial charge in [-0.15, -0.1) is 5.10 Å². The van der Waals surface area contributed by atoms with E-state index in [2.05, 4.69) is 10.3 Å². The van der Waals surface area contributed by atoms with Crippen molar-refractivity contribution in [2.24, 2.45) is 23.2 Å². The van der Waals surface area contributed by atoms with Crippen molar-refractivity contribution in [3.8, 4) is 0 Å². The standard InChI is InChI=1S/C21H31N3O2/c25-18(12-20-9-15-6-16(10-20)8-17(7-15)11-20)13-24-14-19(22-23-24)21(26)4-2-1-3-5-21/h14-17,26H,1-13H2. The number of aliphatic hydroxyl groups is 1. The molecule has 0 unspecified atom stereocenters. The molecule has 0 atom stereocenters. The topological polar surface area (TPSA) is 68.0 Å². The normalized spacial score (nSPS) is 37.8. The molecule has 1 aromatic rings. The molecule has 5 fully saturated rings. The monoisotopic (exact) mass is 357 g/mol. The van der Waals surface area contributed by atoms with Gasteiger partial charge in [-0.25, -0.2) is 4.68 Å². The summed E-state index contributed by atoms with van der Waals surface area (Å²) in [7, 11) is 0. The van der Waals surface area contributed by atoms with Gasteiger partial charge in [0.25, 0.3) is 0 Å². The molecule has 0 aromatic carbocycles. The molecule has 0 radical (unpaired) electrons. The van der Waals surface area contributed by atoms with Crippen LogP contribution in [-0.4, -0.2) is 25.9 Å². The predicted octanol–water partition coefficient (Wildman–Crippen LogP) is 3.61. The predicted molar refractivity (Wildman–Crippen MR) is 97.2 cm³/mol. The Labute approximate surface area is 155 Å². The highest BCUT2D eigenvalue weighted by Crippen LogP contribution is 2.61. The minimum Gasteiger partial charge on any atom is -0.383 e. The number of carbonyl (C=O) groups excluding carboxylic acids is 1. The van der Waals surface area contributed by atoms with Crippen LogP contribution in [0, 0.1) is 23.2 Å². The maximum atomic E-state index is 12.8. The van der Waals surface area contributed by atoms with Crippen molar-refractivity contribution >= 4 is 5.78 Å². The highest BCUT2D eigenvalue weighted by molar-refractivity contribution is 5.79. The third-order valence-electron chi connectivity index (χ3n) is 7.77. The summed E-state index contributed by atoms with van der Waals surface area (Å²) in [4.78, 5) is 12.8. The molecular weight excluding hydrogens is 326 g/mol. The average molecular weight is 357 g/mol. The van der Waals surface area contributed by atoms with Gasteiger partial charge in [0, 0.05) is 6.42 Å². The molecule has 0 spiro atoms. The van der Waals surface area contributed by atoms with Crippen LogP contribution in [-0.2, 0) is 16.9 Å². The molecule has 5 saturated carbocycles. The number of carbonyl (C=O) groups is 1. The van der Waals surface area contributed by atoms with E-state index in [9.17, 15) is 9.90 Å². The second-order valence-corrected chi connectivity index (χ2v) is 10.0. The fourth-order valence-corrected chi connectivity index (χ4v) is 7.14. The number of nitrogens with zero attached hydrogens (tertiary/aromatic N) is 3. The lowest BCUT2D eigenvalue weighted by atomic mass is 9.48. The molecule has 1 N–H and O–H groups in total. The molecule has 5 aliphatic rings. The van der Waals surface area contributed by atoms with Crippen LogP contribution < -0.4 is 0 Å². The summed E-state index contributed by atoms with van der Waals surface area (Å²) in [6.45, 7) is 0.310. The molecular formula is C21H31N3O2. The van der Waals surface area contributed by atoms with Crippen molar-refractivity contribution in [1.82, 2.24) is 15.0 Å². The highest BCUT2D eigenvalue weighted by atomic mass is 16.3. The number of aromatic nitrogens is 3. The Hall–Kier alpha value is -1.23.